The molecule has 0 saturated carbocycles. The maximum Gasteiger partial charge on any atom is 0.275 e. The molecule has 0 aliphatic carbocycles. The summed E-state index contributed by atoms with van der Waals surface area (Å²) < 4.78 is 33.2. The molecule has 1 aliphatic rings. The van der Waals surface area contributed by atoms with E-state index in [-0.39, 0.29) is 11.8 Å². The van der Waals surface area contributed by atoms with Crippen molar-refractivity contribution in [2.24, 2.45) is 0 Å². The number of aromatic nitrogens is 1. The third-order valence-corrected chi connectivity index (χ3v) is 7.32. The van der Waals surface area contributed by atoms with Gasteiger partial charge in [0.05, 0.1) is 4.90 Å². The zero-order valence-corrected chi connectivity index (χ0v) is 18.5. The predicted octanol–water partition coefficient (Wildman–Crippen LogP) is 3.38. The Bertz CT molecular complexity index is 970. The van der Waals surface area contributed by atoms with Crippen LogP contribution in [-0.2, 0) is 10.0 Å². The molecule has 1 aromatic heterocycles. The Kier molecular flexibility index (Phi) is 6.14. The summed E-state index contributed by atoms with van der Waals surface area (Å²) >= 11 is 0. The van der Waals surface area contributed by atoms with E-state index in [0.29, 0.717) is 54.1 Å². The quantitative estimate of drug-likeness (QED) is 0.742. The molecule has 8 heteroatoms. The molecular formula is C21H29N3O4S. The summed E-state index contributed by atoms with van der Waals surface area (Å²) in [6, 6.07) is 7.13. The zero-order valence-electron chi connectivity index (χ0n) is 17.7. The van der Waals surface area contributed by atoms with Crippen LogP contribution in [0.3, 0.4) is 0 Å². The van der Waals surface area contributed by atoms with Crippen LogP contribution < -0.4 is 0 Å². The molecule has 3 rings (SSSR count). The van der Waals surface area contributed by atoms with Crippen LogP contribution >= 0.6 is 0 Å². The molecule has 2 aromatic rings. The van der Waals surface area contributed by atoms with Gasteiger partial charge in [-0.25, -0.2) is 13.4 Å². The molecule has 0 N–H and O–H groups in total. The van der Waals surface area contributed by atoms with Crippen LogP contribution in [0.25, 0.3) is 0 Å². The van der Waals surface area contributed by atoms with Crippen molar-refractivity contribution in [3.63, 3.8) is 0 Å². The van der Waals surface area contributed by atoms with Gasteiger partial charge in [0.2, 0.25) is 10.0 Å². The van der Waals surface area contributed by atoms with Crippen molar-refractivity contribution in [2.45, 2.75) is 50.3 Å². The number of piperidine rings is 1. The van der Waals surface area contributed by atoms with Gasteiger partial charge in [-0.05, 0) is 43.4 Å². The largest absolute Gasteiger partial charge is 0.445 e. The SMILES string of the molecule is Cc1oc(C2CCN(S(=O)(=O)c3ccc(C(C)C)cc3)CC2)nc1C(=O)N(C)C. The third kappa shape index (κ3) is 4.38. The Morgan fingerprint density at radius 3 is 2.28 bits per heavy atom. The van der Waals surface area contributed by atoms with Gasteiger partial charge in [0, 0.05) is 33.1 Å². The Hall–Kier alpha value is -2.19. The maximum atomic E-state index is 13.0. The van der Waals surface area contributed by atoms with Crippen LogP contribution in [0.15, 0.2) is 33.6 Å². The summed E-state index contributed by atoms with van der Waals surface area (Å²) in [5.74, 6) is 1.19. The molecular weight excluding hydrogens is 390 g/mol. The summed E-state index contributed by atoms with van der Waals surface area (Å²) in [7, 11) is -0.169. The van der Waals surface area contributed by atoms with E-state index in [1.807, 2.05) is 12.1 Å². The van der Waals surface area contributed by atoms with Crippen molar-refractivity contribution in [3.05, 3.63) is 47.2 Å². The van der Waals surface area contributed by atoms with Crippen molar-refractivity contribution >= 4 is 15.9 Å². The highest BCUT2D eigenvalue weighted by Crippen LogP contribution is 2.31. The van der Waals surface area contributed by atoms with Crippen molar-refractivity contribution in [3.8, 4) is 0 Å². The molecule has 1 aromatic carbocycles. The van der Waals surface area contributed by atoms with Crippen LogP contribution in [-0.4, -0.2) is 55.7 Å². The Balaban J connectivity index is 1.70. The van der Waals surface area contributed by atoms with Crippen molar-refractivity contribution < 1.29 is 17.6 Å². The van der Waals surface area contributed by atoms with E-state index in [1.165, 1.54) is 9.21 Å². The fourth-order valence-corrected chi connectivity index (χ4v) is 4.99. The fraction of sp³-hybridized carbons (Fsp3) is 0.524. The van der Waals surface area contributed by atoms with E-state index in [1.54, 1.807) is 33.2 Å². The molecule has 1 fully saturated rings. The maximum absolute atomic E-state index is 13.0. The minimum atomic E-state index is -3.52. The number of carbonyl (C=O) groups excluding carboxylic acids is 1. The van der Waals surface area contributed by atoms with Crippen LogP contribution in [0.1, 0.15) is 66.2 Å². The number of oxazole rings is 1. The highest BCUT2D eigenvalue weighted by molar-refractivity contribution is 7.89. The first-order valence-electron chi connectivity index (χ1n) is 9.90. The number of aryl methyl sites for hydroxylation is 1. The minimum Gasteiger partial charge on any atom is -0.445 e. The number of rotatable bonds is 5. The van der Waals surface area contributed by atoms with Crippen molar-refractivity contribution in [2.75, 3.05) is 27.2 Å². The van der Waals surface area contributed by atoms with E-state index in [9.17, 15) is 13.2 Å². The Morgan fingerprint density at radius 2 is 1.76 bits per heavy atom. The molecule has 0 bridgehead atoms. The van der Waals surface area contributed by atoms with Gasteiger partial charge in [-0.2, -0.15) is 4.31 Å². The van der Waals surface area contributed by atoms with Crippen molar-refractivity contribution in [1.82, 2.24) is 14.2 Å². The number of hydrogen-bond donors (Lipinski definition) is 0. The smallest absolute Gasteiger partial charge is 0.275 e. The molecule has 0 atom stereocenters. The molecule has 29 heavy (non-hydrogen) atoms. The number of nitrogens with zero attached hydrogens (tertiary/aromatic N) is 3. The summed E-state index contributed by atoms with van der Waals surface area (Å²) in [5, 5.41) is 0. The molecule has 0 unspecified atom stereocenters. The lowest BCUT2D eigenvalue weighted by Crippen LogP contribution is -2.38. The van der Waals surface area contributed by atoms with Crippen LogP contribution in [0.2, 0.25) is 0 Å². The normalized spacial score (nSPS) is 16.3. The standard InChI is InChI=1S/C21H29N3O4S/c1-14(2)16-6-8-18(9-7-16)29(26,27)24-12-10-17(11-13-24)20-22-19(15(3)28-20)21(25)23(4)5/h6-9,14,17H,10-13H2,1-5H3. The first-order valence-corrected chi connectivity index (χ1v) is 11.3. The average Bonchev–Trinajstić information content (AvgIpc) is 3.09. The van der Waals surface area contributed by atoms with Crippen molar-refractivity contribution in [1.29, 1.82) is 0 Å². The Labute approximate surface area is 172 Å². The monoisotopic (exact) mass is 419 g/mol. The molecule has 158 valence electrons. The van der Waals surface area contributed by atoms with E-state index >= 15 is 0 Å². The topological polar surface area (TPSA) is 83.7 Å². The number of amides is 1. The van der Waals surface area contributed by atoms with E-state index in [0.717, 1.165) is 5.56 Å². The van der Waals surface area contributed by atoms with Gasteiger partial charge in [0.25, 0.3) is 5.91 Å². The second-order valence-electron chi connectivity index (χ2n) is 8.06. The summed E-state index contributed by atoms with van der Waals surface area (Å²) in [6.07, 6.45) is 1.22. The van der Waals surface area contributed by atoms with E-state index in [2.05, 4.69) is 18.8 Å². The molecule has 0 radical (unpaired) electrons. The number of carbonyl (C=O) groups is 1. The van der Waals surface area contributed by atoms with Gasteiger partial charge in [-0.3, -0.25) is 4.79 Å². The summed E-state index contributed by atoms with van der Waals surface area (Å²) in [5.41, 5.74) is 1.44. The van der Waals surface area contributed by atoms with Crippen LogP contribution in [0, 0.1) is 6.92 Å². The van der Waals surface area contributed by atoms with Gasteiger partial charge in [-0.1, -0.05) is 26.0 Å². The zero-order chi connectivity index (χ0) is 21.3. The van der Waals surface area contributed by atoms with Crippen LogP contribution in [0.4, 0.5) is 0 Å². The number of benzene rings is 1. The fourth-order valence-electron chi connectivity index (χ4n) is 3.52. The molecule has 0 spiro atoms. The lowest BCUT2D eigenvalue weighted by Gasteiger charge is -2.29. The first-order chi connectivity index (χ1) is 13.6. The molecule has 1 saturated heterocycles. The molecule has 7 nitrogen and oxygen atoms in total. The van der Waals surface area contributed by atoms with Gasteiger partial charge in [-0.15, -0.1) is 0 Å². The second kappa shape index (κ2) is 8.28. The highest BCUT2D eigenvalue weighted by Gasteiger charge is 2.32. The number of sulfonamides is 1. The lowest BCUT2D eigenvalue weighted by molar-refractivity contribution is 0.0821. The number of hydrogen-bond acceptors (Lipinski definition) is 5. The third-order valence-electron chi connectivity index (χ3n) is 5.41. The van der Waals surface area contributed by atoms with E-state index in [4.69, 9.17) is 4.42 Å². The molecule has 1 amide bonds. The van der Waals surface area contributed by atoms with E-state index < -0.39 is 10.0 Å². The van der Waals surface area contributed by atoms with Gasteiger partial charge >= 0.3 is 0 Å². The average molecular weight is 420 g/mol. The second-order valence-corrected chi connectivity index (χ2v) is 10.00. The minimum absolute atomic E-state index is 0.00665. The highest BCUT2D eigenvalue weighted by atomic mass is 32.2. The van der Waals surface area contributed by atoms with Crippen LogP contribution in [0.5, 0.6) is 0 Å². The van der Waals surface area contributed by atoms with Gasteiger partial charge < -0.3 is 9.32 Å². The molecule has 1 aliphatic heterocycles. The lowest BCUT2D eigenvalue weighted by atomic mass is 9.98. The predicted molar refractivity (Wildman–Crippen MR) is 111 cm³/mol. The van der Waals surface area contributed by atoms with Gasteiger partial charge in [0.1, 0.15) is 5.76 Å². The first kappa shape index (κ1) is 21.5. The Morgan fingerprint density at radius 1 is 1.17 bits per heavy atom. The summed E-state index contributed by atoms with van der Waals surface area (Å²) in [4.78, 5) is 18.4. The van der Waals surface area contributed by atoms with Gasteiger partial charge in [0.15, 0.2) is 11.6 Å². The molecule has 2 heterocycles. The summed E-state index contributed by atoms with van der Waals surface area (Å²) in [6.45, 7) is 6.69.